The highest BCUT2D eigenvalue weighted by atomic mass is 35.5. The summed E-state index contributed by atoms with van der Waals surface area (Å²) in [6.45, 7) is 9.57. The van der Waals surface area contributed by atoms with Crippen LogP contribution >= 0.6 is 0 Å². The zero-order chi connectivity index (χ0) is 15.0. The third-order valence-electron chi connectivity index (χ3n) is 3.36. The molecule has 0 atom stereocenters. The van der Waals surface area contributed by atoms with Crippen molar-refractivity contribution in [2.24, 2.45) is 0 Å². The molecular formula is C16H27ClN2O2. The van der Waals surface area contributed by atoms with Crippen LogP contribution in [0.1, 0.15) is 20.8 Å². The van der Waals surface area contributed by atoms with Crippen molar-refractivity contribution in [1.29, 1.82) is 0 Å². The normalized spacial score (nSPS) is 10.1. The van der Waals surface area contributed by atoms with Gasteiger partial charge in [-0.3, -0.25) is 9.69 Å². The largest absolute Gasteiger partial charge is 1.00 e. The second-order valence-electron chi connectivity index (χ2n) is 4.94. The molecule has 1 aromatic carbocycles. The van der Waals surface area contributed by atoms with Crippen LogP contribution in [-0.4, -0.2) is 55.5 Å². The van der Waals surface area contributed by atoms with Crippen molar-refractivity contribution in [1.82, 2.24) is 9.80 Å². The van der Waals surface area contributed by atoms with E-state index in [1.54, 1.807) is 4.90 Å². The SMILES string of the molecule is CCN(CC)CC(=O)N(C)CCOc1cccc(C)c1.[Cl-].[H+]. The van der Waals surface area contributed by atoms with E-state index in [-0.39, 0.29) is 19.7 Å². The van der Waals surface area contributed by atoms with E-state index in [0.717, 1.165) is 18.8 Å². The van der Waals surface area contributed by atoms with Gasteiger partial charge >= 0.3 is 1.43 Å². The van der Waals surface area contributed by atoms with Crippen LogP contribution in [0.3, 0.4) is 0 Å². The molecule has 0 N–H and O–H groups in total. The maximum absolute atomic E-state index is 12.0. The van der Waals surface area contributed by atoms with E-state index in [4.69, 9.17) is 4.74 Å². The van der Waals surface area contributed by atoms with E-state index in [1.165, 1.54) is 5.56 Å². The molecular weight excluding hydrogens is 288 g/mol. The Morgan fingerprint density at radius 2 is 1.95 bits per heavy atom. The molecule has 4 nitrogen and oxygen atoms in total. The molecule has 0 aromatic heterocycles. The molecule has 0 aliphatic heterocycles. The number of halogens is 1. The summed E-state index contributed by atoms with van der Waals surface area (Å²) in [5.74, 6) is 0.996. The lowest BCUT2D eigenvalue weighted by Gasteiger charge is -2.22. The van der Waals surface area contributed by atoms with Gasteiger partial charge in [0.25, 0.3) is 0 Å². The minimum absolute atomic E-state index is 0. The maximum Gasteiger partial charge on any atom is 1.00 e. The number of aryl methyl sites for hydroxylation is 1. The summed E-state index contributed by atoms with van der Waals surface area (Å²) in [5.41, 5.74) is 1.17. The van der Waals surface area contributed by atoms with E-state index in [1.807, 2.05) is 38.2 Å². The van der Waals surface area contributed by atoms with Gasteiger partial charge < -0.3 is 22.0 Å². The quantitative estimate of drug-likeness (QED) is 0.635. The first-order valence-corrected chi connectivity index (χ1v) is 7.22. The minimum Gasteiger partial charge on any atom is -1.00 e. The van der Waals surface area contributed by atoms with Crippen LogP contribution in [0.4, 0.5) is 0 Å². The number of carbonyl (C=O) groups is 1. The fourth-order valence-electron chi connectivity index (χ4n) is 1.89. The summed E-state index contributed by atoms with van der Waals surface area (Å²) in [5, 5.41) is 0. The van der Waals surface area contributed by atoms with Gasteiger partial charge in [-0.2, -0.15) is 0 Å². The Kier molecular flexibility index (Phi) is 9.84. The van der Waals surface area contributed by atoms with E-state index in [9.17, 15) is 4.79 Å². The number of benzene rings is 1. The molecule has 0 spiro atoms. The first kappa shape index (κ1) is 19.7. The second-order valence-corrected chi connectivity index (χ2v) is 4.94. The van der Waals surface area contributed by atoms with Crippen molar-refractivity contribution in [3.05, 3.63) is 29.8 Å². The van der Waals surface area contributed by atoms with Crippen molar-refractivity contribution in [3.63, 3.8) is 0 Å². The fourth-order valence-corrected chi connectivity index (χ4v) is 1.89. The highest BCUT2D eigenvalue weighted by Crippen LogP contribution is 2.11. The number of likely N-dealkylation sites (N-methyl/N-ethyl adjacent to an activating group) is 2. The molecule has 1 amide bonds. The third kappa shape index (κ3) is 7.34. The van der Waals surface area contributed by atoms with Crippen LogP contribution < -0.4 is 17.1 Å². The van der Waals surface area contributed by atoms with Crippen molar-refractivity contribution in [2.75, 3.05) is 39.8 Å². The molecule has 0 unspecified atom stereocenters. The van der Waals surface area contributed by atoms with Gasteiger partial charge in [-0.1, -0.05) is 26.0 Å². The Morgan fingerprint density at radius 3 is 2.52 bits per heavy atom. The Balaban J connectivity index is 0. The van der Waals surface area contributed by atoms with Crippen LogP contribution in [-0.2, 0) is 4.79 Å². The van der Waals surface area contributed by atoms with Crippen LogP contribution in [0, 0.1) is 6.92 Å². The number of nitrogens with zero attached hydrogens (tertiary/aromatic N) is 2. The molecule has 21 heavy (non-hydrogen) atoms. The standard InChI is InChI=1S/C16H26N2O2.ClH/c1-5-18(6-2)13-16(19)17(4)10-11-20-15-9-7-8-14(3)12-15;/h7-9,12H,5-6,10-11,13H2,1-4H3;1H. The number of carbonyl (C=O) groups excluding carboxylic acids is 1. The molecule has 0 aliphatic rings. The van der Waals surface area contributed by atoms with E-state index < -0.39 is 0 Å². The summed E-state index contributed by atoms with van der Waals surface area (Å²) in [6.07, 6.45) is 0. The molecule has 1 aromatic rings. The zero-order valence-electron chi connectivity index (χ0n) is 14.4. The monoisotopic (exact) mass is 314 g/mol. The maximum atomic E-state index is 12.0. The molecule has 0 saturated carbocycles. The number of rotatable bonds is 8. The third-order valence-corrected chi connectivity index (χ3v) is 3.36. The molecule has 1 rings (SSSR count). The number of hydrogen-bond donors (Lipinski definition) is 0. The van der Waals surface area contributed by atoms with E-state index in [2.05, 4.69) is 18.7 Å². The van der Waals surface area contributed by atoms with Gasteiger partial charge in [-0.15, -0.1) is 0 Å². The molecule has 0 heterocycles. The van der Waals surface area contributed by atoms with Gasteiger partial charge in [0.15, 0.2) is 0 Å². The Morgan fingerprint density at radius 1 is 1.29 bits per heavy atom. The Hall–Kier alpha value is -1.26. The lowest BCUT2D eigenvalue weighted by atomic mass is 10.2. The lowest BCUT2D eigenvalue weighted by Crippen LogP contribution is -3.00. The van der Waals surface area contributed by atoms with Gasteiger partial charge in [0, 0.05) is 7.05 Å². The van der Waals surface area contributed by atoms with Crippen molar-refractivity contribution < 1.29 is 23.4 Å². The first-order chi connectivity index (χ1) is 9.56. The molecule has 0 radical (unpaired) electrons. The predicted molar refractivity (Wildman–Crippen MR) is 83.2 cm³/mol. The van der Waals surface area contributed by atoms with Crippen LogP contribution in [0.5, 0.6) is 5.75 Å². The molecule has 0 aliphatic carbocycles. The highest BCUT2D eigenvalue weighted by molar-refractivity contribution is 5.77. The van der Waals surface area contributed by atoms with Gasteiger partial charge in [-0.25, -0.2) is 0 Å². The smallest absolute Gasteiger partial charge is 1.00 e. The second kappa shape index (κ2) is 10.5. The van der Waals surface area contributed by atoms with Crippen molar-refractivity contribution >= 4 is 5.91 Å². The van der Waals surface area contributed by atoms with Crippen LogP contribution in [0.2, 0.25) is 0 Å². The van der Waals surface area contributed by atoms with Crippen LogP contribution in [0.25, 0.3) is 0 Å². The summed E-state index contributed by atoms with van der Waals surface area (Å²) in [7, 11) is 1.82. The average Bonchev–Trinajstić information content (AvgIpc) is 2.44. The molecule has 0 bridgehead atoms. The highest BCUT2D eigenvalue weighted by Gasteiger charge is 2.11. The molecule has 0 saturated heterocycles. The summed E-state index contributed by atoms with van der Waals surface area (Å²) in [4.78, 5) is 15.8. The van der Waals surface area contributed by atoms with E-state index >= 15 is 0 Å². The van der Waals surface area contributed by atoms with Gasteiger partial charge in [-0.05, 0) is 37.7 Å². The molecule has 0 fully saturated rings. The van der Waals surface area contributed by atoms with Gasteiger partial charge in [0.1, 0.15) is 12.4 Å². The summed E-state index contributed by atoms with van der Waals surface area (Å²) in [6, 6.07) is 7.94. The first-order valence-electron chi connectivity index (χ1n) is 7.22. The number of ether oxygens (including phenoxy) is 1. The Bertz CT molecular complexity index is 428. The Labute approximate surface area is 136 Å². The van der Waals surface area contributed by atoms with E-state index in [0.29, 0.717) is 19.7 Å². The zero-order valence-corrected chi connectivity index (χ0v) is 14.2. The molecule has 120 valence electrons. The fraction of sp³-hybridized carbons (Fsp3) is 0.562. The average molecular weight is 315 g/mol. The summed E-state index contributed by atoms with van der Waals surface area (Å²) >= 11 is 0. The van der Waals surface area contributed by atoms with Crippen LogP contribution in [0.15, 0.2) is 24.3 Å². The predicted octanol–water partition coefficient (Wildman–Crippen LogP) is -0.709. The number of amides is 1. The van der Waals surface area contributed by atoms with Crippen molar-refractivity contribution in [2.45, 2.75) is 20.8 Å². The summed E-state index contributed by atoms with van der Waals surface area (Å²) < 4.78 is 5.66. The topological polar surface area (TPSA) is 32.8 Å². The number of hydrogen-bond acceptors (Lipinski definition) is 3. The van der Waals surface area contributed by atoms with Crippen molar-refractivity contribution in [3.8, 4) is 5.75 Å². The molecule has 5 heteroatoms. The van der Waals surface area contributed by atoms with Gasteiger partial charge in [0.05, 0.1) is 13.1 Å². The van der Waals surface area contributed by atoms with Gasteiger partial charge in [0.2, 0.25) is 5.91 Å². The minimum atomic E-state index is 0. The lowest BCUT2D eigenvalue weighted by molar-refractivity contribution is -0.131.